The minimum Gasteiger partial charge on any atom is -0.326 e. The van der Waals surface area contributed by atoms with Crippen LogP contribution in [0, 0.1) is 11.8 Å². The first-order valence-electron chi connectivity index (χ1n) is 9.49. The summed E-state index contributed by atoms with van der Waals surface area (Å²) in [5.41, 5.74) is 1.68. The Morgan fingerprint density at radius 2 is 1.14 bits per heavy atom. The zero-order valence-electron chi connectivity index (χ0n) is 16.2. The Morgan fingerprint density at radius 1 is 0.750 bits per heavy atom. The van der Waals surface area contributed by atoms with Gasteiger partial charge in [0.1, 0.15) is 0 Å². The standard InChI is InChI=1S/C22H26N2O2S2/c1-27-19-7-3-5-17(13-19)23-21(25)15-9-11-16(12-10-15)22(26)24-18-6-4-8-20(14-18)28-2/h3-8,13-16H,9-12H2,1-2H3,(H,23,25)(H,24,26). The fourth-order valence-corrected chi connectivity index (χ4v) is 4.43. The summed E-state index contributed by atoms with van der Waals surface area (Å²) >= 11 is 3.31. The van der Waals surface area contributed by atoms with Crippen LogP contribution in [0.2, 0.25) is 0 Å². The summed E-state index contributed by atoms with van der Waals surface area (Å²) in [6, 6.07) is 15.8. The molecule has 28 heavy (non-hydrogen) atoms. The third kappa shape index (κ3) is 5.55. The second-order valence-corrected chi connectivity index (χ2v) is 8.75. The second kappa shape index (κ2) is 10.0. The van der Waals surface area contributed by atoms with Crippen molar-refractivity contribution in [2.75, 3.05) is 23.1 Å². The quantitative estimate of drug-likeness (QED) is 0.612. The van der Waals surface area contributed by atoms with Gasteiger partial charge >= 0.3 is 0 Å². The van der Waals surface area contributed by atoms with Gasteiger partial charge in [0.2, 0.25) is 11.8 Å². The molecule has 1 aliphatic rings. The monoisotopic (exact) mass is 414 g/mol. The molecular weight excluding hydrogens is 388 g/mol. The molecule has 0 saturated heterocycles. The average molecular weight is 415 g/mol. The van der Waals surface area contributed by atoms with E-state index in [0.717, 1.165) is 46.8 Å². The minimum atomic E-state index is -0.0261. The van der Waals surface area contributed by atoms with Gasteiger partial charge in [0, 0.05) is 33.0 Å². The normalized spacial score (nSPS) is 19.1. The van der Waals surface area contributed by atoms with Gasteiger partial charge < -0.3 is 10.6 Å². The highest BCUT2D eigenvalue weighted by Crippen LogP contribution is 2.31. The van der Waals surface area contributed by atoms with E-state index in [1.54, 1.807) is 23.5 Å². The number of thioether (sulfide) groups is 2. The largest absolute Gasteiger partial charge is 0.326 e. The summed E-state index contributed by atoms with van der Waals surface area (Å²) in [5, 5.41) is 6.06. The van der Waals surface area contributed by atoms with E-state index in [-0.39, 0.29) is 23.7 Å². The Morgan fingerprint density at radius 3 is 1.50 bits per heavy atom. The zero-order valence-corrected chi connectivity index (χ0v) is 17.9. The summed E-state index contributed by atoms with van der Waals surface area (Å²) in [6.07, 6.45) is 7.02. The third-order valence-electron chi connectivity index (χ3n) is 5.14. The Bertz CT molecular complexity index is 763. The molecule has 2 aromatic carbocycles. The molecule has 0 spiro atoms. The van der Waals surface area contributed by atoms with Crippen molar-refractivity contribution in [1.82, 2.24) is 0 Å². The van der Waals surface area contributed by atoms with E-state index >= 15 is 0 Å². The van der Waals surface area contributed by atoms with E-state index in [1.807, 2.05) is 61.0 Å². The maximum absolute atomic E-state index is 12.6. The van der Waals surface area contributed by atoms with E-state index in [1.165, 1.54) is 0 Å². The van der Waals surface area contributed by atoms with Crippen LogP contribution in [0.3, 0.4) is 0 Å². The molecule has 0 radical (unpaired) electrons. The second-order valence-electron chi connectivity index (χ2n) is 6.99. The first kappa shape index (κ1) is 20.8. The molecule has 1 saturated carbocycles. The molecule has 2 N–H and O–H groups in total. The van der Waals surface area contributed by atoms with Crippen molar-refractivity contribution in [3.8, 4) is 0 Å². The summed E-state index contributed by atoms with van der Waals surface area (Å²) in [5.74, 6) is 0.0678. The van der Waals surface area contributed by atoms with E-state index in [9.17, 15) is 9.59 Å². The van der Waals surface area contributed by atoms with Crippen LogP contribution in [0.15, 0.2) is 58.3 Å². The molecule has 0 bridgehead atoms. The number of carbonyl (C=O) groups excluding carboxylic acids is 2. The molecule has 1 aliphatic carbocycles. The summed E-state index contributed by atoms with van der Waals surface area (Å²) in [7, 11) is 0. The lowest BCUT2D eigenvalue weighted by Gasteiger charge is -2.27. The van der Waals surface area contributed by atoms with Crippen molar-refractivity contribution in [3.05, 3.63) is 48.5 Å². The molecule has 0 aromatic heterocycles. The van der Waals surface area contributed by atoms with E-state index < -0.39 is 0 Å². The predicted molar refractivity (Wildman–Crippen MR) is 119 cm³/mol. The maximum atomic E-state index is 12.6. The highest BCUT2D eigenvalue weighted by Gasteiger charge is 2.30. The fourth-order valence-electron chi connectivity index (χ4n) is 3.51. The SMILES string of the molecule is CSc1cccc(NC(=O)C2CCC(C(=O)Nc3cccc(SC)c3)CC2)c1. The van der Waals surface area contributed by atoms with Crippen LogP contribution in [0.1, 0.15) is 25.7 Å². The van der Waals surface area contributed by atoms with Gasteiger partial charge in [0.15, 0.2) is 0 Å². The van der Waals surface area contributed by atoms with Crippen LogP contribution in [0.5, 0.6) is 0 Å². The summed E-state index contributed by atoms with van der Waals surface area (Å²) in [6.45, 7) is 0. The van der Waals surface area contributed by atoms with Gasteiger partial charge in [-0.2, -0.15) is 0 Å². The smallest absolute Gasteiger partial charge is 0.227 e. The Kier molecular flexibility index (Phi) is 7.45. The zero-order chi connectivity index (χ0) is 19.9. The van der Waals surface area contributed by atoms with Crippen LogP contribution in [0.25, 0.3) is 0 Å². The van der Waals surface area contributed by atoms with Gasteiger partial charge in [-0.25, -0.2) is 0 Å². The van der Waals surface area contributed by atoms with Crippen LogP contribution in [0.4, 0.5) is 11.4 Å². The van der Waals surface area contributed by atoms with Gasteiger partial charge in [-0.3, -0.25) is 9.59 Å². The lowest BCUT2D eigenvalue weighted by molar-refractivity contribution is -0.125. The summed E-state index contributed by atoms with van der Waals surface area (Å²) < 4.78 is 0. The molecule has 2 aromatic rings. The van der Waals surface area contributed by atoms with Crippen molar-refractivity contribution < 1.29 is 9.59 Å². The van der Waals surface area contributed by atoms with Gasteiger partial charge in [0.05, 0.1) is 0 Å². The minimum absolute atomic E-state index is 0.0261. The van der Waals surface area contributed by atoms with Crippen molar-refractivity contribution in [2.45, 2.75) is 35.5 Å². The van der Waals surface area contributed by atoms with Gasteiger partial charge in [0.25, 0.3) is 0 Å². The van der Waals surface area contributed by atoms with E-state index in [2.05, 4.69) is 10.6 Å². The number of carbonyl (C=O) groups is 2. The molecule has 0 atom stereocenters. The number of nitrogens with one attached hydrogen (secondary N) is 2. The number of benzene rings is 2. The van der Waals surface area contributed by atoms with Gasteiger partial charge in [-0.1, -0.05) is 12.1 Å². The molecule has 148 valence electrons. The van der Waals surface area contributed by atoms with Gasteiger partial charge in [-0.15, -0.1) is 23.5 Å². The van der Waals surface area contributed by atoms with Gasteiger partial charge in [-0.05, 0) is 74.6 Å². The van der Waals surface area contributed by atoms with E-state index in [4.69, 9.17) is 0 Å². The highest BCUT2D eigenvalue weighted by atomic mass is 32.2. The van der Waals surface area contributed by atoms with Crippen LogP contribution >= 0.6 is 23.5 Å². The fraction of sp³-hybridized carbons (Fsp3) is 0.364. The number of hydrogen-bond donors (Lipinski definition) is 2. The topological polar surface area (TPSA) is 58.2 Å². The Balaban J connectivity index is 1.50. The van der Waals surface area contributed by atoms with Crippen LogP contribution in [-0.4, -0.2) is 24.3 Å². The number of amides is 2. The number of anilines is 2. The van der Waals surface area contributed by atoms with Crippen molar-refractivity contribution >= 4 is 46.7 Å². The molecule has 6 heteroatoms. The first-order chi connectivity index (χ1) is 13.6. The molecule has 1 fully saturated rings. The lowest BCUT2D eigenvalue weighted by Crippen LogP contribution is -2.32. The molecule has 0 unspecified atom stereocenters. The number of rotatable bonds is 6. The molecular formula is C22H26N2O2S2. The number of hydrogen-bond acceptors (Lipinski definition) is 4. The molecule has 0 aliphatic heterocycles. The van der Waals surface area contributed by atoms with Crippen molar-refractivity contribution in [1.29, 1.82) is 0 Å². The molecule has 0 heterocycles. The Labute approximate surface area is 175 Å². The third-order valence-corrected chi connectivity index (χ3v) is 6.59. The van der Waals surface area contributed by atoms with Crippen molar-refractivity contribution in [2.24, 2.45) is 11.8 Å². The van der Waals surface area contributed by atoms with Crippen LogP contribution < -0.4 is 10.6 Å². The molecule has 4 nitrogen and oxygen atoms in total. The summed E-state index contributed by atoms with van der Waals surface area (Å²) in [4.78, 5) is 27.4. The maximum Gasteiger partial charge on any atom is 0.227 e. The lowest BCUT2D eigenvalue weighted by atomic mass is 9.81. The first-order valence-corrected chi connectivity index (χ1v) is 11.9. The predicted octanol–water partition coefficient (Wildman–Crippen LogP) is 5.51. The van der Waals surface area contributed by atoms with Crippen molar-refractivity contribution in [3.63, 3.8) is 0 Å². The average Bonchev–Trinajstić information content (AvgIpc) is 2.74. The Hall–Kier alpha value is -1.92. The highest BCUT2D eigenvalue weighted by molar-refractivity contribution is 7.98. The molecule has 3 rings (SSSR count). The van der Waals surface area contributed by atoms with Crippen LogP contribution in [-0.2, 0) is 9.59 Å². The van der Waals surface area contributed by atoms with E-state index in [0.29, 0.717) is 0 Å². The molecule has 2 amide bonds.